The fraction of sp³-hybridized carbons (Fsp3) is 0.579. The molecular weight excluding hydrogens is 419 g/mol. The first kappa shape index (κ1) is 25.5. The second-order valence-corrected chi connectivity index (χ2v) is 6.82. The molecular formula is C19H30Cl2N4O4. The minimum absolute atomic E-state index is 0. The van der Waals surface area contributed by atoms with E-state index in [0.717, 1.165) is 26.2 Å². The van der Waals surface area contributed by atoms with Gasteiger partial charge in [0, 0.05) is 32.2 Å². The number of ether oxygens (including phenoxy) is 1. The molecule has 2 fully saturated rings. The van der Waals surface area contributed by atoms with Crippen molar-refractivity contribution < 1.29 is 19.2 Å². The van der Waals surface area contributed by atoms with E-state index >= 15 is 0 Å². The summed E-state index contributed by atoms with van der Waals surface area (Å²) in [6, 6.07) is 8.94. The number of nitrogens with one attached hydrogen (secondary N) is 2. The molecule has 29 heavy (non-hydrogen) atoms. The van der Waals surface area contributed by atoms with Crippen molar-refractivity contribution in [3.8, 4) is 5.75 Å². The zero-order chi connectivity index (χ0) is 18.9. The molecule has 10 heteroatoms. The predicted molar refractivity (Wildman–Crippen MR) is 115 cm³/mol. The molecule has 1 unspecified atom stereocenters. The van der Waals surface area contributed by atoms with Crippen molar-refractivity contribution in [1.29, 1.82) is 0 Å². The number of halogens is 2. The summed E-state index contributed by atoms with van der Waals surface area (Å²) >= 11 is 0. The summed E-state index contributed by atoms with van der Waals surface area (Å²) in [5, 5.41) is 7.54. The van der Waals surface area contributed by atoms with Gasteiger partial charge in [0.05, 0.1) is 0 Å². The highest BCUT2D eigenvalue weighted by Gasteiger charge is 2.29. The molecule has 0 radical (unpaired) electrons. The molecule has 1 aromatic rings. The third kappa shape index (κ3) is 7.98. The Balaban J connectivity index is 0.00000210. The molecule has 2 N–H and O–H groups in total. The van der Waals surface area contributed by atoms with Crippen LogP contribution in [0.4, 0.5) is 0 Å². The van der Waals surface area contributed by atoms with Crippen LogP contribution in [0.2, 0.25) is 0 Å². The summed E-state index contributed by atoms with van der Waals surface area (Å²) in [6.45, 7) is 5.26. The van der Waals surface area contributed by atoms with Crippen molar-refractivity contribution in [2.45, 2.75) is 24.9 Å². The van der Waals surface area contributed by atoms with Crippen molar-refractivity contribution in [3.05, 3.63) is 30.3 Å². The number of carbonyl (C=O) groups excluding carboxylic acids is 2. The lowest BCUT2D eigenvalue weighted by Gasteiger charge is -2.40. The Kier molecular flexibility index (Phi) is 11.9. The van der Waals surface area contributed by atoms with Gasteiger partial charge in [0.2, 0.25) is 6.41 Å². The van der Waals surface area contributed by atoms with Gasteiger partial charge in [-0.2, -0.15) is 0 Å². The number of benzene rings is 1. The van der Waals surface area contributed by atoms with Crippen LogP contribution < -0.4 is 15.4 Å². The zero-order valence-electron chi connectivity index (χ0n) is 16.3. The summed E-state index contributed by atoms with van der Waals surface area (Å²) in [6.07, 6.45) is 2.83. The number of hydroxylamine groups is 2. The van der Waals surface area contributed by atoms with Crippen LogP contribution >= 0.6 is 24.8 Å². The molecule has 164 valence electrons. The Bertz CT molecular complexity index is 597. The Morgan fingerprint density at radius 2 is 1.79 bits per heavy atom. The highest BCUT2D eigenvalue weighted by molar-refractivity contribution is 5.85. The number of hydrogen-bond acceptors (Lipinski definition) is 7. The molecule has 1 atom stereocenters. The topological polar surface area (TPSA) is 83.1 Å². The van der Waals surface area contributed by atoms with Crippen LogP contribution in [0, 0.1) is 0 Å². The number of piperazine rings is 1. The summed E-state index contributed by atoms with van der Waals surface area (Å²) in [7, 11) is 0. The maximum absolute atomic E-state index is 12.4. The van der Waals surface area contributed by atoms with E-state index in [4.69, 9.17) is 9.57 Å². The quantitative estimate of drug-likeness (QED) is 0.570. The minimum Gasteiger partial charge on any atom is -0.491 e. The summed E-state index contributed by atoms with van der Waals surface area (Å²) in [4.78, 5) is 31.2. The zero-order valence-corrected chi connectivity index (χ0v) is 18.0. The number of hydrogen-bond donors (Lipinski definition) is 2. The standard InChI is InChI=1S/C19H28N4O4.2ClH/c24-15-21-18(14-26-17-4-2-1-3-5-17)19(25)27-23-12-10-22(11-13-23)16-6-8-20-9-7-16;;/h1-5,15-16,18,20H,6-14H2,(H,21,24);2*1H. The SMILES string of the molecule is Cl.Cl.O=CNC(COc1ccccc1)C(=O)ON1CCN(C2CCNCC2)CC1. The van der Waals surface area contributed by atoms with Crippen LogP contribution in [0.3, 0.4) is 0 Å². The summed E-state index contributed by atoms with van der Waals surface area (Å²) in [5.74, 6) is 0.131. The molecule has 1 amide bonds. The average Bonchev–Trinajstić information content (AvgIpc) is 2.73. The number of rotatable bonds is 8. The first-order chi connectivity index (χ1) is 13.3. The molecule has 1 aromatic carbocycles. The average molecular weight is 449 g/mol. The van der Waals surface area contributed by atoms with E-state index < -0.39 is 12.0 Å². The Labute approximate surface area is 184 Å². The molecule has 0 spiro atoms. The van der Waals surface area contributed by atoms with E-state index in [0.29, 0.717) is 31.3 Å². The summed E-state index contributed by atoms with van der Waals surface area (Å²) in [5.41, 5.74) is 0. The molecule has 0 aromatic heterocycles. The van der Waals surface area contributed by atoms with E-state index in [2.05, 4.69) is 15.5 Å². The number of para-hydroxylation sites is 1. The smallest absolute Gasteiger partial charge is 0.351 e. The summed E-state index contributed by atoms with van der Waals surface area (Å²) < 4.78 is 5.57. The van der Waals surface area contributed by atoms with Crippen LogP contribution in [0.5, 0.6) is 5.75 Å². The molecule has 2 heterocycles. The van der Waals surface area contributed by atoms with Crippen molar-refractivity contribution >= 4 is 37.2 Å². The van der Waals surface area contributed by atoms with Gasteiger partial charge >= 0.3 is 5.97 Å². The van der Waals surface area contributed by atoms with E-state index in [9.17, 15) is 9.59 Å². The molecule has 2 aliphatic rings. The molecule has 0 bridgehead atoms. The highest BCUT2D eigenvalue weighted by Crippen LogP contribution is 2.15. The fourth-order valence-corrected chi connectivity index (χ4v) is 3.49. The molecule has 0 saturated carbocycles. The van der Waals surface area contributed by atoms with E-state index in [1.165, 1.54) is 12.8 Å². The van der Waals surface area contributed by atoms with Crippen molar-refractivity contribution in [2.24, 2.45) is 0 Å². The molecule has 8 nitrogen and oxygen atoms in total. The fourth-order valence-electron chi connectivity index (χ4n) is 3.49. The molecule has 0 aliphatic carbocycles. The van der Waals surface area contributed by atoms with Crippen LogP contribution in [0.1, 0.15) is 12.8 Å². The van der Waals surface area contributed by atoms with E-state index in [-0.39, 0.29) is 31.4 Å². The van der Waals surface area contributed by atoms with E-state index in [1.54, 1.807) is 17.2 Å². The maximum atomic E-state index is 12.4. The number of piperidine rings is 1. The minimum atomic E-state index is -0.842. The molecule has 3 rings (SSSR count). The lowest BCUT2D eigenvalue weighted by Crippen LogP contribution is -2.54. The van der Waals surface area contributed by atoms with Gasteiger partial charge in [-0.05, 0) is 38.1 Å². The highest BCUT2D eigenvalue weighted by atomic mass is 35.5. The van der Waals surface area contributed by atoms with Gasteiger partial charge in [0.25, 0.3) is 0 Å². The normalized spacial score (nSPS) is 19.2. The number of carbonyl (C=O) groups is 2. The van der Waals surface area contributed by atoms with Gasteiger partial charge in [-0.1, -0.05) is 18.2 Å². The van der Waals surface area contributed by atoms with E-state index in [1.807, 2.05) is 18.2 Å². The van der Waals surface area contributed by atoms with Crippen LogP contribution in [-0.4, -0.2) is 80.3 Å². The van der Waals surface area contributed by atoms with Gasteiger partial charge < -0.3 is 20.2 Å². The van der Waals surface area contributed by atoms with Gasteiger partial charge in [-0.15, -0.1) is 29.9 Å². The Morgan fingerprint density at radius 1 is 1.14 bits per heavy atom. The van der Waals surface area contributed by atoms with Crippen molar-refractivity contribution in [1.82, 2.24) is 20.6 Å². The lowest BCUT2D eigenvalue weighted by molar-refractivity contribution is -0.202. The van der Waals surface area contributed by atoms with Gasteiger partial charge in [0.1, 0.15) is 12.4 Å². The second-order valence-electron chi connectivity index (χ2n) is 6.82. The lowest BCUT2D eigenvalue weighted by atomic mass is 10.0. The van der Waals surface area contributed by atoms with Crippen molar-refractivity contribution in [3.63, 3.8) is 0 Å². The first-order valence-corrected chi connectivity index (χ1v) is 9.55. The molecule has 2 saturated heterocycles. The Hall–Kier alpha value is -1.58. The third-order valence-corrected chi connectivity index (χ3v) is 5.03. The monoisotopic (exact) mass is 448 g/mol. The molecule has 2 aliphatic heterocycles. The van der Waals surface area contributed by atoms with Gasteiger partial charge in [-0.25, -0.2) is 4.79 Å². The Morgan fingerprint density at radius 3 is 2.41 bits per heavy atom. The van der Waals surface area contributed by atoms with Crippen LogP contribution in [0.15, 0.2) is 30.3 Å². The predicted octanol–water partition coefficient (Wildman–Crippen LogP) is 0.851. The third-order valence-electron chi connectivity index (χ3n) is 5.03. The largest absolute Gasteiger partial charge is 0.491 e. The number of nitrogens with zero attached hydrogens (tertiary/aromatic N) is 2. The van der Waals surface area contributed by atoms with Crippen molar-refractivity contribution in [2.75, 3.05) is 45.9 Å². The maximum Gasteiger partial charge on any atom is 0.351 e. The van der Waals surface area contributed by atoms with Crippen LogP contribution in [0.25, 0.3) is 0 Å². The number of amides is 1. The van der Waals surface area contributed by atoms with Gasteiger partial charge in [-0.3, -0.25) is 9.69 Å². The first-order valence-electron chi connectivity index (χ1n) is 9.55. The second kappa shape index (κ2) is 13.6. The van der Waals surface area contributed by atoms with Gasteiger partial charge in [0.15, 0.2) is 6.04 Å². The van der Waals surface area contributed by atoms with Crippen LogP contribution in [-0.2, 0) is 14.4 Å².